The van der Waals surface area contributed by atoms with Crippen LogP contribution in [-0.2, 0) is 4.74 Å². The first-order valence-corrected chi connectivity index (χ1v) is 7.77. The van der Waals surface area contributed by atoms with Gasteiger partial charge < -0.3 is 10.1 Å². The van der Waals surface area contributed by atoms with Crippen LogP contribution >= 0.6 is 11.8 Å². The lowest BCUT2D eigenvalue weighted by atomic mass is 9.86. The molecule has 3 aliphatic rings. The number of thioether (sulfide) groups is 1. The minimum atomic E-state index is 0.513. The van der Waals surface area contributed by atoms with E-state index < -0.39 is 0 Å². The maximum absolute atomic E-state index is 5.91. The van der Waals surface area contributed by atoms with Crippen molar-refractivity contribution in [3.8, 4) is 0 Å². The average Bonchev–Trinajstić information content (AvgIpc) is 2.77. The molecular formula is C13H23NOS. The summed E-state index contributed by atoms with van der Waals surface area (Å²) in [5.74, 6) is 2.61. The van der Waals surface area contributed by atoms with Crippen molar-refractivity contribution in [3.63, 3.8) is 0 Å². The second-order valence-electron chi connectivity index (χ2n) is 6.46. The molecule has 3 aliphatic heterocycles. The average molecular weight is 241 g/mol. The zero-order chi connectivity index (χ0) is 11.2. The number of rotatable bonds is 2. The Hall–Kier alpha value is 0.270. The molecule has 0 radical (unpaired) electrons. The first kappa shape index (κ1) is 11.4. The van der Waals surface area contributed by atoms with Crippen LogP contribution in [-0.4, -0.2) is 35.8 Å². The van der Waals surface area contributed by atoms with Gasteiger partial charge in [0, 0.05) is 17.8 Å². The van der Waals surface area contributed by atoms with Crippen LogP contribution < -0.4 is 5.32 Å². The second-order valence-corrected chi connectivity index (χ2v) is 7.49. The number of fused-ring (bicyclic) bond motifs is 2. The molecule has 3 saturated heterocycles. The van der Waals surface area contributed by atoms with Crippen molar-refractivity contribution in [3.05, 3.63) is 0 Å². The van der Waals surface area contributed by atoms with E-state index in [2.05, 4.69) is 30.9 Å². The fraction of sp³-hybridized carbons (Fsp3) is 1.00. The molecular weight excluding hydrogens is 218 g/mol. The molecule has 4 unspecified atom stereocenters. The molecule has 0 aromatic heterocycles. The third-order valence-electron chi connectivity index (χ3n) is 4.17. The normalized spacial score (nSPS) is 46.1. The first-order chi connectivity index (χ1) is 7.62. The maximum atomic E-state index is 5.91. The van der Waals surface area contributed by atoms with Crippen LogP contribution in [0.3, 0.4) is 0 Å². The van der Waals surface area contributed by atoms with Gasteiger partial charge in [0.05, 0.1) is 12.2 Å². The summed E-state index contributed by atoms with van der Waals surface area (Å²) in [5, 5.41) is 3.86. The van der Waals surface area contributed by atoms with Crippen LogP contribution in [0.4, 0.5) is 0 Å². The lowest BCUT2D eigenvalue weighted by molar-refractivity contribution is 0.0953. The quantitative estimate of drug-likeness (QED) is 0.802. The van der Waals surface area contributed by atoms with Crippen molar-refractivity contribution in [2.75, 3.05) is 11.5 Å². The highest BCUT2D eigenvalue weighted by Crippen LogP contribution is 2.37. The molecule has 0 aromatic carbocycles. The fourth-order valence-corrected chi connectivity index (χ4v) is 4.77. The molecule has 2 bridgehead atoms. The Balaban J connectivity index is 1.55. The zero-order valence-corrected chi connectivity index (χ0v) is 11.2. The summed E-state index contributed by atoms with van der Waals surface area (Å²) in [6.45, 7) is 4.79. The van der Waals surface area contributed by atoms with Gasteiger partial charge in [-0.1, -0.05) is 13.8 Å². The molecule has 4 atom stereocenters. The van der Waals surface area contributed by atoms with Crippen molar-refractivity contribution < 1.29 is 4.74 Å². The van der Waals surface area contributed by atoms with E-state index in [0.29, 0.717) is 29.7 Å². The van der Waals surface area contributed by atoms with Gasteiger partial charge in [-0.25, -0.2) is 0 Å². The van der Waals surface area contributed by atoms with Crippen molar-refractivity contribution in [2.45, 2.75) is 63.8 Å². The second kappa shape index (κ2) is 4.18. The van der Waals surface area contributed by atoms with E-state index in [1.807, 2.05) is 0 Å². The highest BCUT2D eigenvalue weighted by molar-refractivity contribution is 7.99. The van der Waals surface area contributed by atoms with Gasteiger partial charge in [0.1, 0.15) is 0 Å². The summed E-state index contributed by atoms with van der Waals surface area (Å²) >= 11 is 2.11. The van der Waals surface area contributed by atoms with Crippen LogP contribution in [0.2, 0.25) is 0 Å². The summed E-state index contributed by atoms with van der Waals surface area (Å²) in [7, 11) is 0. The Labute approximate surface area is 103 Å². The highest BCUT2D eigenvalue weighted by Gasteiger charge is 2.42. The fourth-order valence-electron chi connectivity index (χ4n) is 3.49. The summed E-state index contributed by atoms with van der Waals surface area (Å²) in [5.41, 5.74) is 0.513. The summed E-state index contributed by atoms with van der Waals surface area (Å²) in [6.07, 6.45) is 6.27. The Bertz CT molecular complexity index is 269. The van der Waals surface area contributed by atoms with E-state index >= 15 is 0 Å². The Kier molecular flexibility index (Phi) is 2.97. The van der Waals surface area contributed by atoms with Gasteiger partial charge in [0.2, 0.25) is 0 Å². The number of nitrogens with one attached hydrogen (secondary N) is 1. The van der Waals surface area contributed by atoms with E-state index in [9.17, 15) is 0 Å². The Morgan fingerprint density at radius 2 is 2.19 bits per heavy atom. The predicted octanol–water partition coefficient (Wildman–Crippen LogP) is 2.43. The van der Waals surface area contributed by atoms with Gasteiger partial charge >= 0.3 is 0 Å². The van der Waals surface area contributed by atoms with Gasteiger partial charge in [0.25, 0.3) is 0 Å². The molecule has 0 saturated carbocycles. The largest absolute Gasteiger partial charge is 0.373 e. The van der Waals surface area contributed by atoms with Gasteiger partial charge in [-0.15, -0.1) is 0 Å². The zero-order valence-electron chi connectivity index (χ0n) is 10.4. The molecule has 0 aromatic rings. The SMILES string of the molecule is CC1(C)CSCC(NC2CC3CCC2O3)C1. The van der Waals surface area contributed by atoms with Crippen molar-refractivity contribution in [1.29, 1.82) is 0 Å². The van der Waals surface area contributed by atoms with Crippen molar-refractivity contribution >= 4 is 11.8 Å². The molecule has 3 fully saturated rings. The van der Waals surface area contributed by atoms with Crippen LogP contribution in [0.15, 0.2) is 0 Å². The molecule has 0 spiro atoms. The third-order valence-corrected chi connectivity index (χ3v) is 5.79. The smallest absolute Gasteiger partial charge is 0.0733 e. The lowest BCUT2D eigenvalue weighted by Crippen LogP contribution is -2.48. The summed E-state index contributed by atoms with van der Waals surface area (Å²) in [6, 6.07) is 1.36. The highest BCUT2D eigenvalue weighted by atomic mass is 32.2. The minimum absolute atomic E-state index is 0.513. The summed E-state index contributed by atoms with van der Waals surface area (Å²) < 4.78 is 5.91. The minimum Gasteiger partial charge on any atom is -0.373 e. The van der Waals surface area contributed by atoms with Crippen molar-refractivity contribution in [1.82, 2.24) is 5.32 Å². The standard InChI is InChI=1S/C13H23NOS/c1-13(2)6-9(7-16-8-13)14-11-5-10-3-4-12(11)15-10/h9-12,14H,3-8H2,1-2H3. The number of hydrogen-bond acceptors (Lipinski definition) is 3. The molecule has 0 aliphatic carbocycles. The van der Waals surface area contributed by atoms with E-state index in [-0.39, 0.29) is 0 Å². The molecule has 1 N–H and O–H groups in total. The predicted molar refractivity (Wildman–Crippen MR) is 68.9 cm³/mol. The third kappa shape index (κ3) is 2.27. The Morgan fingerprint density at radius 3 is 2.81 bits per heavy atom. The molecule has 92 valence electrons. The van der Waals surface area contributed by atoms with Gasteiger partial charge in [-0.3, -0.25) is 0 Å². The van der Waals surface area contributed by atoms with E-state index in [0.717, 1.165) is 0 Å². The molecule has 3 heterocycles. The summed E-state index contributed by atoms with van der Waals surface area (Å²) in [4.78, 5) is 0. The van der Waals surface area contributed by atoms with E-state index in [1.54, 1.807) is 0 Å². The topological polar surface area (TPSA) is 21.3 Å². The van der Waals surface area contributed by atoms with Crippen LogP contribution in [0, 0.1) is 5.41 Å². The van der Waals surface area contributed by atoms with Crippen LogP contribution in [0.5, 0.6) is 0 Å². The molecule has 3 heteroatoms. The van der Waals surface area contributed by atoms with E-state index in [4.69, 9.17) is 4.74 Å². The van der Waals surface area contributed by atoms with Gasteiger partial charge in [-0.2, -0.15) is 11.8 Å². The number of ether oxygens (including phenoxy) is 1. The van der Waals surface area contributed by atoms with Crippen LogP contribution in [0.25, 0.3) is 0 Å². The van der Waals surface area contributed by atoms with Gasteiger partial charge in [-0.05, 0) is 36.9 Å². The maximum Gasteiger partial charge on any atom is 0.0733 e. The first-order valence-electron chi connectivity index (χ1n) is 6.62. The molecule has 0 amide bonds. The van der Waals surface area contributed by atoms with E-state index in [1.165, 1.54) is 37.2 Å². The monoisotopic (exact) mass is 241 g/mol. The molecule has 3 rings (SSSR count). The van der Waals surface area contributed by atoms with Crippen LogP contribution in [0.1, 0.15) is 39.5 Å². The number of hydrogen-bond donors (Lipinski definition) is 1. The lowest BCUT2D eigenvalue weighted by Gasteiger charge is -2.37. The molecule has 2 nitrogen and oxygen atoms in total. The Morgan fingerprint density at radius 1 is 1.31 bits per heavy atom. The molecule has 16 heavy (non-hydrogen) atoms. The van der Waals surface area contributed by atoms with Gasteiger partial charge in [0.15, 0.2) is 0 Å². The van der Waals surface area contributed by atoms with Crippen molar-refractivity contribution in [2.24, 2.45) is 5.41 Å².